The zero-order valence-electron chi connectivity index (χ0n) is 10.5. The Bertz CT molecular complexity index is 740. The van der Waals surface area contributed by atoms with Gasteiger partial charge in [0.15, 0.2) is 5.82 Å². The Morgan fingerprint density at radius 2 is 1.95 bits per heavy atom. The van der Waals surface area contributed by atoms with Crippen LogP contribution in [0.5, 0.6) is 0 Å². The van der Waals surface area contributed by atoms with Crippen LogP contribution in [0, 0.1) is 0 Å². The molecule has 3 heteroatoms. The van der Waals surface area contributed by atoms with Crippen LogP contribution in [-0.4, -0.2) is 16.5 Å². The molecule has 0 N–H and O–H groups in total. The quantitative estimate of drug-likeness (QED) is 0.774. The first-order chi connectivity index (χ1) is 9.40. The van der Waals surface area contributed by atoms with Crippen LogP contribution in [0.25, 0.3) is 11.0 Å². The second-order valence-corrected chi connectivity index (χ2v) is 4.82. The van der Waals surface area contributed by atoms with E-state index >= 15 is 0 Å². The molecule has 3 nitrogen and oxygen atoms in total. The SMILES string of the molecule is C1=CCC2=CN(c3cnc4ccccc4n3)CC2=C1. The van der Waals surface area contributed by atoms with Crippen molar-refractivity contribution in [1.82, 2.24) is 9.97 Å². The van der Waals surface area contributed by atoms with Crippen molar-refractivity contribution in [3.63, 3.8) is 0 Å². The standard InChI is InChI=1S/C16H13N3/c1-2-6-13-11-19(10-12(13)5-1)16-9-17-14-7-3-4-8-15(14)18-16/h1-5,7-9,11H,6,10H2. The molecule has 1 aromatic heterocycles. The first-order valence-corrected chi connectivity index (χ1v) is 6.45. The number of hydrogen-bond donors (Lipinski definition) is 0. The Morgan fingerprint density at radius 1 is 1.05 bits per heavy atom. The van der Waals surface area contributed by atoms with Gasteiger partial charge in [-0.05, 0) is 29.7 Å². The Balaban J connectivity index is 1.74. The number of rotatable bonds is 1. The first-order valence-electron chi connectivity index (χ1n) is 6.45. The van der Waals surface area contributed by atoms with Crippen molar-refractivity contribution in [3.8, 4) is 0 Å². The smallest absolute Gasteiger partial charge is 0.152 e. The summed E-state index contributed by atoms with van der Waals surface area (Å²) in [5.41, 5.74) is 4.66. The lowest BCUT2D eigenvalue weighted by Gasteiger charge is -2.14. The van der Waals surface area contributed by atoms with Gasteiger partial charge in [-0.15, -0.1) is 0 Å². The van der Waals surface area contributed by atoms with Gasteiger partial charge in [-0.1, -0.05) is 30.4 Å². The second-order valence-electron chi connectivity index (χ2n) is 4.82. The lowest BCUT2D eigenvalue weighted by Crippen LogP contribution is -2.15. The van der Waals surface area contributed by atoms with E-state index in [0.29, 0.717) is 0 Å². The molecule has 0 fully saturated rings. The molecule has 1 aliphatic heterocycles. The summed E-state index contributed by atoms with van der Waals surface area (Å²) in [6.07, 6.45) is 11.6. The summed E-state index contributed by atoms with van der Waals surface area (Å²) >= 11 is 0. The molecular formula is C16H13N3. The van der Waals surface area contributed by atoms with Gasteiger partial charge in [-0.2, -0.15) is 0 Å². The van der Waals surface area contributed by atoms with Gasteiger partial charge in [-0.25, -0.2) is 4.98 Å². The first kappa shape index (κ1) is 10.5. The average molecular weight is 247 g/mol. The fraction of sp³-hybridized carbons (Fsp3) is 0.125. The molecule has 0 saturated carbocycles. The van der Waals surface area contributed by atoms with E-state index < -0.39 is 0 Å². The summed E-state index contributed by atoms with van der Waals surface area (Å²) in [6.45, 7) is 0.896. The molecule has 0 saturated heterocycles. The molecule has 2 aromatic rings. The molecule has 0 amide bonds. The third kappa shape index (κ3) is 1.74. The van der Waals surface area contributed by atoms with Gasteiger partial charge in [0.2, 0.25) is 0 Å². The number of nitrogens with zero attached hydrogens (tertiary/aromatic N) is 3. The van der Waals surface area contributed by atoms with Crippen molar-refractivity contribution in [1.29, 1.82) is 0 Å². The number of allylic oxidation sites excluding steroid dienone is 3. The predicted octanol–water partition coefficient (Wildman–Crippen LogP) is 3.22. The van der Waals surface area contributed by atoms with E-state index in [1.807, 2.05) is 30.5 Å². The Kier molecular flexibility index (Phi) is 2.24. The maximum Gasteiger partial charge on any atom is 0.152 e. The largest absolute Gasteiger partial charge is 0.327 e. The number of para-hydroxylation sites is 2. The number of hydrogen-bond acceptors (Lipinski definition) is 3. The van der Waals surface area contributed by atoms with Crippen LogP contribution in [-0.2, 0) is 0 Å². The van der Waals surface area contributed by atoms with E-state index in [0.717, 1.165) is 29.8 Å². The van der Waals surface area contributed by atoms with Crippen molar-refractivity contribution >= 4 is 16.9 Å². The Morgan fingerprint density at radius 3 is 2.84 bits per heavy atom. The van der Waals surface area contributed by atoms with Gasteiger partial charge in [0.05, 0.1) is 17.2 Å². The molecule has 0 radical (unpaired) electrons. The van der Waals surface area contributed by atoms with Gasteiger partial charge in [-0.3, -0.25) is 4.98 Å². The van der Waals surface area contributed by atoms with Crippen molar-refractivity contribution in [2.75, 3.05) is 11.4 Å². The molecule has 19 heavy (non-hydrogen) atoms. The molecule has 0 spiro atoms. The summed E-state index contributed by atoms with van der Waals surface area (Å²) in [6, 6.07) is 7.97. The average Bonchev–Trinajstić information content (AvgIpc) is 2.90. The topological polar surface area (TPSA) is 29.0 Å². The summed E-state index contributed by atoms with van der Waals surface area (Å²) in [5, 5.41) is 0. The highest BCUT2D eigenvalue weighted by Gasteiger charge is 2.20. The molecule has 0 bridgehead atoms. The van der Waals surface area contributed by atoms with E-state index in [1.54, 1.807) is 0 Å². The molecule has 0 unspecified atom stereocenters. The normalized spacial score (nSPS) is 17.4. The molecule has 4 rings (SSSR count). The summed E-state index contributed by atoms with van der Waals surface area (Å²) in [4.78, 5) is 11.3. The van der Waals surface area contributed by atoms with Crippen molar-refractivity contribution < 1.29 is 0 Å². The highest BCUT2D eigenvalue weighted by atomic mass is 15.2. The Hall–Kier alpha value is -2.42. The van der Waals surface area contributed by atoms with Crippen LogP contribution in [0.1, 0.15) is 6.42 Å². The van der Waals surface area contributed by atoms with Crippen LogP contribution in [0.4, 0.5) is 5.82 Å². The highest BCUT2D eigenvalue weighted by molar-refractivity contribution is 5.76. The maximum absolute atomic E-state index is 4.69. The summed E-state index contributed by atoms with van der Waals surface area (Å²) in [7, 11) is 0. The molecule has 92 valence electrons. The minimum absolute atomic E-state index is 0.896. The molecule has 0 atom stereocenters. The van der Waals surface area contributed by atoms with E-state index in [4.69, 9.17) is 0 Å². The third-order valence-electron chi connectivity index (χ3n) is 3.57. The van der Waals surface area contributed by atoms with E-state index in [-0.39, 0.29) is 0 Å². The van der Waals surface area contributed by atoms with Crippen LogP contribution in [0.3, 0.4) is 0 Å². The van der Waals surface area contributed by atoms with Crippen molar-refractivity contribution in [3.05, 3.63) is 66.0 Å². The maximum atomic E-state index is 4.69. The minimum Gasteiger partial charge on any atom is -0.327 e. The van der Waals surface area contributed by atoms with Gasteiger partial charge in [0.25, 0.3) is 0 Å². The van der Waals surface area contributed by atoms with Gasteiger partial charge >= 0.3 is 0 Å². The molecule has 2 aliphatic rings. The fourth-order valence-electron chi connectivity index (χ4n) is 2.56. The number of anilines is 1. The van der Waals surface area contributed by atoms with Crippen molar-refractivity contribution in [2.45, 2.75) is 6.42 Å². The van der Waals surface area contributed by atoms with Gasteiger partial charge < -0.3 is 4.90 Å². The monoisotopic (exact) mass is 247 g/mol. The van der Waals surface area contributed by atoms with Crippen LogP contribution >= 0.6 is 0 Å². The Labute approximate surface area is 111 Å². The zero-order valence-corrected chi connectivity index (χ0v) is 10.5. The van der Waals surface area contributed by atoms with E-state index in [2.05, 4.69) is 39.3 Å². The lowest BCUT2D eigenvalue weighted by molar-refractivity contribution is 1.05. The van der Waals surface area contributed by atoms with Gasteiger partial charge in [0.1, 0.15) is 0 Å². The summed E-state index contributed by atoms with van der Waals surface area (Å²) < 4.78 is 0. The third-order valence-corrected chi connectivity index (χ3v) is 3.57. The second kappa shape index (κ2) is 4.05. The molecule has 2 heterocycles. The highest BCUT2D eigenvalue weighted by Crippen LogP contribution is 2.30. The number of aromatic nitrogens is 2. The van der Waals surface area contributed by atoms with Crippen LogP contribution in [0.2, 0.25) is 0 Å². The molecule has 1 aromatic carbocycles. The number of benzene rings is 1. The van der Waals surface area contributed by atoms with Crippen LogP contribution < -0.4 is 4.90 Å². The molecular weight excluding hydrogens is 234 g/mol. The predicted molar refractivity (Wildman–Crippen MR) is 76.8 cm³/mol. The van der Waals surface area contributed by atoms with Crippen molar-refractivity contribution in [2.24, 2.45) is 0 Å². The fourth-order valence-corrected chi connectivity index (χ4v) is 2.56. The van der Waals surface area contributed by atoms with E-state index in [9.17, 15) is 0 Å². The van der Waals surface area contributed by atoms with E-state index in [1.165, 1.54) is 11.1 Å². The molecule has 1 aliphatic carbocycles. The van der Waals surface area contributed by atoms with Gasteiger partial charge in [0, 0.05) is 12.7 Å². The number of fused-ring (bicyclic) bond motifs is 2. The lowest BCUT2D eigenvalue weighted by atomic mass is 10.0. The summed E-state index contributed by atoms with van der Waals surface area (Å²) in [5.74, 6) is 0.918. The van der Waals surface area contributed by atoms with Crippen LogP contribution in [0.15, 0.2) is 66.0 Å². The zero-order chi connectivity index (χ0) is 12.7. The minimum atomic E-state index is 0.896.